The molecule has 6 nitrogen and oxygen atoms in total. The number of likely N-dealkylation sites (N-methyl/N-ethyl adjacent to an activating group) is 1. The van der Waals surface area contributed by atoms with Crippen LogP contribution in [0.5, 0.6) is 0 Å². The maximum absolute atomic E-state index is 12.3. The van der Waals surface area contributed by atoms with E-state index in [1.165, 1.54) is 0 Å². The van der Waals surface area contributed by atoms with Crippen LogP contribution in [-0.2, 0) is 9.57 Å². The van der Waals surface area contributed by atoms with Crippen LogP contribution in [0.4, 0.5) is 0 Å². The fraction of sp³-hybridized carbons (Fsp3) is 1.00. The smallest absolute Gasteiger partial charge is 0.169 e. The van der Waals surface area contributed by atoms with Crippen molar-refractivity contribution in [2.45, 2.75) is 75.7 Å². The van der Waals surface area contributed by atoms with Gasteiger partial charge in [-0.15, -0.1) is 0 Å². The van der Waals surface area contributed by atoms with E-state index in [2.05, 4.69) is 0 Å². The minimum atomic E-state index is -0.207. The lowest BCUT2D eigenvalue weighted by molar-refractivity contribution is -1.09. The third kappa shape index (κ3) is 4.13. The Morgan fingerprint density at radius 1 is 0.850 bits per heavy atom. The summed E-state index contributed by atoms with van der Waals surface area (Å²) in [4.78, 5) is 5.66. The number of rotatable bonds is 5. The number of hydrogen-bond donors (Lipinski definition) is 2. The van der Waals surface area contributed by atoms with Crippen LogP contribution in [0.2, 0.25) is 0 Å². The molecule has 0 heterocycles. The van der Waals surface area contributed by atoms with E-state index in [0.29, 0.717) is 6.10 Å². The fourth-order valence-electron chi connectivity index (χ4n) is 3.54. The van der Waals surface area contributed by atoms with Crippen molar-refractivity contribution in [3.05, 3.63) is 10.4 Å². The summed E-state index contributed by atoms with van der Waals surface area (Å²) in [5, 5.41) is 24.0. The Balaban J connectivity index is 1.82. The fourth-order valence-corrected chi connectivity index (χ4v) is 3.54. The Morgan fingerprint density at radius 3 is 1.95 bits per heavy atom. The van der Waals surface area contributed by atoms with E-state index in [1.54, 1.807) is 14.2 Å². The highest BCUT2D eigenvalue weighted by Crippen LogP contribution is 2.22. The van der Waals surface area contributed by atoms with E-state index in [1.807, 2.05) is 0 Å². The molecule has 0 aromatic carbocycles. The summed E-state index contributed by atoms with van der Waals surface area (Å²) >= 11 is 0. The van der Waals surface area contributed by atoms with Gasteiger partial charge in [-0.2, -0.15) is 0 Å². The molecule has 0 saturated heterocycles. The molecule has 0 bridgehead atoms. The Labute approximate surface area is 121 Å². The van der Waals surface area contributed by atoms with Gasteiger partial charge in [-0.25, -0.2) is 10.1 Å². The topological polar surface area (TPSA) is 73.5 Å². The number of nitrogens with one attached hydrogen (secondary N) is 2. The molecular weight excluding hydrogens is 260 g/mol. The molecule has 0 aliphatic heterocycles. The summed E-state index contributed by atoms with van der Waals surface area (Å²) < 4.78 is 5.32. The largest absolute Gasteiger partial charge is 0.634 e. The zero-order chi connectivity index (χ0) is 14.5. The van der Waals surface area contributed by atoms with Crippen molar-refractivity contribution in [2.24, 2.45) is 0 Å². The number of quaternary nitrogens is 2. The average Bonchev–Trinajstić information content (AvgIpc) is 2.48. The average molecular weight is 288 g/mol. The minimum Gasteiger partial charge on any atom is -0.634 e. The van der Waals surface area contributed by atoms with Crippen LogP contribution in [-0.4, -0.2) is 38.4 Å². The SMILES string of the molecule is COC1CCC(O[NH+]([O-])C2CCCCC2[NH+](C)[O-])CC1. The van der Waals surface area contributed by atoms with Gasteiger partial charge < -0.3 is 20.2 Å². The summed E-state index contributed by atoms with van der Waals surface area (Å²) in [5.41, 5.74) is 0. The minimum absolute atomic E-state index is 0.0171. The first-order valence-corrected chi connectivity index (χ1v) is 7.85. The van der Waals surface area contributed by atoms with E-state index in [4.69, 9.17) is 9.57 Å². The molecule has 4 unspecified atom stereocenters. The molecule has 2 aliphatic carbocycles. The Morgan fingerprint density at radius 2 is 1.40 bits per heavy atom. The van der Waals surface area contributed by atoms with Crippen LogP contribution >= 0.6 is 0 Å². The monoisotopic (exact) mass is 288 g/mol. The van der Waals surface area contributed by atoms with Gasteiger partial charge in [-0.1, -0.05) is 0 Å². The van der Waals surface area contributed by atoms with Gasteiger partial charge in [-0.3, -0.25) is 0 Å². The second-order valence-electron chi connectivity index (χ2n) is 6.18. The van der Waals surface area contributed by atoms with Crippen LogP contribution in [0.25, 0.3) is 0 Å². The molecule has 2 rings (SSSR count). The summed E-state index contributed by atoms with van der Waals surface area (Å²) in [7, 11) is 3.33. The predicted octanol–water partition coefficient (Wildman–Crippen LogP) is -0.418. The van der Waals surface area contributed by atoms with E-state index in [9.17, 15) is 10.4 Å². The summed E-state index contributed by atoms with van der Waals surface area (Å²) in [6, 6.07) is -0.326. The van der Waals surface area contributed by atoms with Crippen LogP contribution in [0, 0.1) is 10.4 Å². The Kier molecular flexibility index (Phi) is 6.20. The standard InChI is InChI=1S/C14H28N2O4/c1-15(17)13-5-3-4-6-14(13)16(18)20-12-9-7-11(19-2)8-10-12/h11-16H,3-10H2,1-2H3. The Bertz CT molecular complexity index is 282. The maximum atomic E-state index is 12.3. The van der Waals surface area contributed by atoms with Gasteiger partial charge >= 0.3 is 0 Å². The first kappa shape index (κ1) is 16.1. The molecule has 118 valence electrons. The molecule has 0 radical (unpaired) electrons. The van der Waals surface area contributed by atoms with Gasteiger partial charge in [0.25, 0.3) is 0 Å². The molecule has 6 heteroatoms. The molecule has 0 amide bonds. The lowest BCUT2D eigenvalue weighted by Gasteiger charge is -2.42. The van der Waals surface area contributed by atoms with Crippen LogP contribution < -0.4 is 10.3 Å². The Hall–Kier alpha value is -0.240. The zero-order valence-electron chi connectivity index (χ0n) is 12.6. The van der Waals surface area contributed by atoms with Gasteiger partial charge in [-0.05, 0) is 38.5 Å². The lowest BCUT2D eigenvalue weighted by atomic mass is 9.90. The molecule has 2 saturated carbocycles. The van der Waals surface area contributed by atoms with Gasteiger partial charge in [0.1, 0.15) is 12.1 Å². The highest BCUT2D eigenvalue weighted by atomic mass is 16.9. The summed E-state index contributed by atoms with van der Waals surface area (Å²) in [5.74, 6) is 0. The van der Waals surface area contributed by atoms with E-state index in [-0.39, 0.29) is 28.5 Å². The van der Waals surface area contributed by atoms with Crippen LogP contribution in [0.1, 0.15) is 51.4 Å². The zero-order valence-corrected chi connectivity index (χ0v) is 12.6. The maximum Gasteiger partial charge on any atom is 0.169 e. The van der Waals surface area contributed by atoms with Crippen molar-refractivity contribution in [3.8, 4) is 0 Å². The van der Waals surface area contributed by atoms with Gasteiger partial charge in [0.05, 0.1) is 13.2 Å². The third-order valence-corrected chi connectivity index (χ3v) is 4.83. The molecule has 2 aliphatic rings. The van der Waals surface area contributed by atoms with Crippen LogP contribution in [0.3, 0.4) is 0 Å². The number of hydrogen-bond acceptors (Lipinski definition) is 4. The van der Waals surface area contributed by atoms with Crippen molar-refractivity contribution in [1.82, 2.24) is 0 Å². The quantitative estimate of drug-likeness (QED) is 0.674. The number of ether oxygens (including phenoxy) is 1. The molecule has 2 N–H and O–H groups in total. The lowest BCUT2D eigenvalue weighted by Crippen LogP contribution is -3.21. The third-order valence-electron chi connectivity index (χ3n) is 4.83. The molecule has 20 heavy (non-hydrogen) atoms. The number of methoxy groups -OCH3 is 1. The molecule has 0 spiro atoms. The van der Waals surface area contributed by atoms with Crippen molar-refractivity contribution < 1.29 is 19.9 Å². The normalized spacial score (nSPS) is 38.4. The van der Waals surface area contributed by atoms with Crippen molar-refractivity contribution >= 4 is 0 Å². The van der Waals surface area contributed by atoms with Crippen LogP contribution in [0.15, 0.2) is 0 Å². The first-order chi connectivity index (χ1) is 9.61. The summed E-state index contributed by atoms with van der Waals surface area (Å²) in [6.07, 6.45) is 7.70. The predicted molar refractivity (Wildman–Crippen MR) is 74.8 cm³/mol. The van der Waals surface area contributed by atoms with Gasteiger partial charge in [0.15, 0.2) is 6.04 Å². The van der Waals surface area contributed by atoms with Crippen molar-refractivity contribution in [1.29, 1.82) is 0 Å². The molecule has 4 atom stereocenters. The molecular formula is C14H28N2O4. The van der Waals surface area contributed by atoms with E-state index >= 15 is 0 Å². The van der Waals surface area contributed by atoms with Gasteiger partial charge in [0, 0.05) is 20.0 Å². The van der Waals surface area contributed by atoms with E-state index in [0.717, 1.165) is 51.4 Å². The van der Waals surface area contributed by atoms with Crippen molar-refractivity contribution in [3.63, 3.8) is 0 Å². The summed E-state index contributed by atoms with van der Waals surface area (Å²) in [6.45, 7) is 0. The van der Waals surface area contributed by atoms with E-state index < -0.39 is 0 Å². The van der Waals surface area contributed by atoms with Gasteiger partial charge in [0.2, 0.25) is 0 Å². The highest BCUT2D eigenvalue weighted by molar-refractivity contribution is 4.75. The first-order valence-electron chi connectivity index (χ1n) is 7.85. The second-order valence-corrected chi connectivity index (χ2v) is 6.18. The number of hydroxylamine groups is 4. The molecule has 0 aromatic rings. The molecule has 0 aromatic heterocycles. The second kappa shape index (κ2) is 7.68. The molecule has 2 fully saturated rings. The van der Waals surface area contributed by atoms with Crippen molar-refractivity contribution in [2.75, 3.05) is 14.2 Å². The highest BCUT2D eigenvalue weighted by Gasteiger charge is 2.36.